The second-order valence-electron chi connectivity index (χ2n) is 7.69. The van der Waals surface area contributed by atoms with Crippen LogP contribution < -0.4 is 14.9 Å². The van der Waals surface area contributed by atoms with Crippen molar-refractivity contribution in [1.29, 1.82) is 0 Å². The van der Waals surface area contributed by atoms with Crippen LogP contribution in [0, 0.1) is 13.8 Å². The summed E-state index contributed by atoms with van der Waals surface area (Å²) < 4.78 is 27.6. The highest BCUT2D eigenvalue weighted by Crippen LogP contribution is 2.33. The molecular formula is C21H24N10O2S. The minimum Gasteiger partial charge on any atom is -0.323 e. The quantitative estimate of drug-likeness (QED) is 0.405. The second kappa shape index (κ2) is 9.02. The number of rotatable bonds is 7. The summed E-state index contributed by atoms with van der Waals surface area (Å²) in [6, 6.07) is 7.03. The maximum atomic E-state index is 12.3. The summed E-state index contributed by atoms with van der Waals surface area (Å²) in [5.74, 6) is 1.75. The third-order valence-corrected chi connectivity index (χ3v) is 6.41. The van der Waals surface area contributed by atoms with E-state index in [1.807, 2.05) is 27.0 Å². The number of nitrogens with zero attached hydrogens (tertiary/aromatic N) is 8. The average Bonchev–Trinajstić information content (AvgIpc) is 3.13. The highest BCUT2D eigenvalue weighted by molar-refractivity contribution is 7.92. The molecule has 0 fully saturated rings. The number of pyridine rings is 1. The Morgan fingerprint density at radius 3 is 2.29 bits per heavy atom. The minimum absolute atomic E-state index is 0.318. The lowest BCUT2D eigenvalue weighted by Gasteiger charge is -2.21. The van der Waals surface area contributed by atoms with Crippen molar-refractivity contribution in [2.45, 2.75) is 13.8 Å². The van der Waals surface area contributed by atoms with Gasteiger partial charge in [-0.2, -0.15) is 10.2 Å². The standard InChI is InChI=1S/C21H24N10O2S/c1-13-6-7-18(29-28-13)26-19-9-20(24-12-23-19)27-21-17(31(4)34(5,32)33)8-15(10-22-21)16-11-25-30(3)14(16)2/h6-12H,1-5H3,(H2,22,23,24,26,27,29). The van der Waals surface area contributed by atoms with E-state index in [0.29, 0.717) is 29.0 Å². The summed E-state index contributed by atoms with van der Waals surface area (Å²) in [6.07, 6.45) is 5.89. The lowest BCUT2D eigenvalue weighted by atomic mass is 10.1. The third kappa shape index (κ3) is 4.93. The molecule has 13 heteroatoms. The zero-order valence-corrected chi connectivity index (χ0v) is 20.2. The fourth-order valence-corrected chi connectivity index (χ4v) is 3.61. The van der Waals surface area contributed by atoms with Crippen LogP contribution in [0.5, 0.6) is 0 Å². The number of nitrogens with one attached hydrogen (secondary N) is 2. The smallest absolute Gasteiger partial charge is 0.232 e. The van der Waals surface area contributed by atoms with Gasteiger partial charge in [0.2, 0.25) is 10.0 Å². The van der Waals surface area contributed by atoms with Gasteiger partial charge in [0.1, 0.15) is 18.0 Å². The average molecular weight is 481 g/mol. The van der Waals surface area contributed by atoms with Gasteiger partial charge in [-0.1, -0.05) is 0 Å². The molecule has 0 radical (unpaired) electrons. The van der Waals surface area contributed by atoms with E-state index >= 15 is 0 Å². The first-order chi connectivity index (χ1) is 16.1. The zero-order valence-electron chi connectivity index (χ0n) is 19.3. The first kappa shape index (κ1) is 23.0. The molecule has 4 heterocycles. The summed E-state index contributed by atoms with van der Waals surface area (Å²) in [5, 5.41) is 18.5. The summed E-state index contributed by atoms with van der Waals surface area (Å²) >= 11 is 0. The maximum Gasteiger partial charge on any atom is 0.232 e. The first-order valence-corrected chi connectivity index (χ1v) is 12.1. The molecule has 176 valence electrons. The van der Waals surface area contributed by atoms with E-state index in [2.05, 4.69) is 40.9 Å². The van der Waals surface area contributed by atoms with E-state index in [-0.39, 0.29) is 0 Å². The Morgan fingerprint density at radius 2 is 1.68 bits per heavy atom. The Balaban J connectivity index is 1.68. The van der Waals surface area contributed by atoms with Gasteiger partial charge >= 0.3 is 0 Å². The van der Waals surface area contributed by atoms with Crippen LogP contribution in [0.15, 0.2) is 43.0 Å². The van der Waals surface area contributed by atoms with E-state index in [1.54, 1.807) is 35.3 Å². The van der Waals surface area contributed by atoms with Gasteiger partial charge in [0.05, 0.1) is 23.8 Å². The molecule has 0 saturated heterocycles. The fourth-order valence-electron chi connectivity index (χ4n) is 3.11. The number of anilines is 5. The molecule has 0 spiro atoms. The van der Waals surface area contributed by atoms with Crippen LogP contribution in [-0.2, 0) is 17.1 Å². The molecule has 0 aliphatic heterocycles. The third-order valence-electron chi connectivity index (χ3n) is 5.22. The molecule has 0 saturated carbocycles. The molecule has 4 rings (SSSR count). The van der Waals surface area contributed by atoms with Crippen molar-refractivity contribution in [2.75, 3.05) is 28.2 Å². The van der Waals surface area contributed by atoms with Crippen LogP contribution in [0.3, 0.4) is 0 Å². The zero-order chi connectivity index (χ0) is 24.5. The molecular weight excluding hydrogens is 456 g/mol. The molecule has 0 aliphatic rings. The Labute approximate surface area is 197 Å². The normalized spacial score (nSPS) is 11.3. The first-order valence-electron chi connectivity index (χ1n) is 10.2. The largest absolute Gasteiger partial charge is 0.323 e. The molecule has 0 aliphatic carbocycles. The maximum absolute atomic E-state index is 12.3. The SMILES string of the molecule is Cc1ccc(Nc2cc(Nc3ncc(-c4cnn(C)c4C)cc3N(C)S(C)(=O)=O)ncn2)nn1. The molecule has 34 heavy (non-hydrogen) atoms. The number of hydrogen-bond donors (Lipinski definition) is 2. The van der Waals surface area contributed by atoms with Gasteiger partial charge in [-0.25, -0.2) is 23.4 Å². The Bertz CT molecular complexity index is 1430. The Hall–Kier alpha value is -4.13. The highest BCUT2D eigenvalue weighted by atomic mass is 32.2. The number of sulfonamides is 1. The lowest BCUT2D eigenvalue weighted by Crippen LogP contribution is -2.26. The monoisotopic (exact) mass is 480 g/mol. The summed E-state index contributed by atoms with van der Waals surface area (Å²) in [5.41, 5.74) is 3.69. The van der Waals surface area contributed by atoms with Gasteiger partial charge in [0.15, 0.2) is 11.6 Å². The van der Waals surface area contributed by atoms with E-state index < -0.39 is 10.0 Å². The predicted molar refractivity (Wildman–Crippen MR) is 130 cm³/mol. The Kier molecular flexibility index (Phi) is 6.11. The highest BCUT2D eigenvalue weighted by Gasteiger charge is 2.20. The molecule has 0 amide bonds. The molecule has 2 N–H and O–H groups in total. The van der Waals surface area contributed by atoms with Crippen molar-refractivity contribution in [3.8, 4) is 11.1 Å². The van der Waals surface area contributed by atoms with Crippen molar-refractivity contribution in [3.05, 3.63) is 54.4 Å². The van der Waals surface area contributed by atoms with E-state index in [4.69, 9.17) is 0 Å². The van der Waals surface area contributed by atoms with E-state index in [1.165, 1.54) is 17.7 Å². The van der Waals surface area contributed by atoms with Gasteiger partial charge in [0, 0.05) is 43.2 Å². The summed E-state index contributed by atoms with van der Waals surface area (Å²) in [7, 11) is -0.240. The molecule has 4 aromatic rings. The van der Waals surface area contributed by atoms with Crippen LogP contribution in [0.25, 0.3) is 11.1 Å². The molecule has 0 bridgehead atoms. The van der Waals surface area contributed by atoms with Crippen molar-refractivity contribution >= 4 is 39.0 Å². The van der Waals surface area contributed by atoms with Gasteiger partial charge in [0.25, 0.3) is 0 Å². The van der Waals surface area contributed by atoms with Crippen LogP contribution >= 0.6 is 0 Å². The van der Waals surface area contributed by atoms with Gasteiger partial charge in [-0.05, 0) is 32.0 Å². The van der Waals surface area contributed by atoms with Crippen LogP contribution in [0.2, 0.25) is 0 Å². The number of aromatic nitrogens is 7. The molecule has 0 unspecified atom stereocenters. The van der Waals surface area contributed by atoms with Crippen molar-refractivity contribution in [1.82, 2.24) is 34.9 Å². The van der Waals surface area contributed by atoms with Crippen molar-refractivity contribution in [2.24, 2.45) is 7.05 Å². The van der Waals surface area contributed by atoms with E-state index in [9.17, 15) is 8.42 Å². The lowest BCUT2D eigenvalue weighted by molar-refractivity contribution is 0.600. The van der Waals surface area contributed by atoms with Gasteiger partial charge in [-0.15, -0.1) is 5.10 Å². The molecule has 4 aromatic heterocycles. The number of aryl methyl sites for hydroxylation is 2. The summed E-state index contributed by atoms with van der Waals surface area (Å²) in [6.45, 7) is 3.78. The topological polar surface area (TPSA) is 144 Å². The molecule has 0 aromatic carbocycles. The van der Waals surface area contributed by atoms with Gasteiger partial charge in [-0.3, -0.25) is 8.99 Å². The minimum atomic E-state index is -3.55. The van der Waals surface area contributed by atoms with Crippen molar-refractivity contribution < 1.29 is 8.42 Å². The Morgan fingerprint density at radius 1 is 0.941 bits per heavy atom. The van der Waals surface area contributed by atoms with Crippen LogP contribution in [0.4, 0.5) is 29.0 Å². The number of hydrogen-bond acceptors (Lipinski definition) is 10. The molecule has 0 atom stereocenters. The predicted octanol–water partition coefficient (Wildman–Crippen LogP) is 2.56. The van der Waals surface area contributed by atoms with Gasteiger partial charge < -0.3 is 10.6 Å². The van der Waals surface area contributed by atoms with Crippen LogP contribution in [-0.4, -0.2) is 56.7 Å². The van der Waals surface area contributed by atoms with Crippen LogP contribution in [0.1, 0.15) is 11.4 Å². The molecule has 12 nitrogen and oxygen atoms in total. The fraction of sp³-hybridized carbons (Fsp3) is 0.238. The van der Waals surface area contributed by atoms with Crippen molar-refractivity contribution in [3.63, 3.8) is 0 Å². The summed E-state index contributed by atoms with van der Waals surface area (Å²) in [4.78, 5) is 12.9. The second-order valence-corrected chi connectivity index (χ2v) is 9.70. The van der Waals surface area contributed by atoms with E-state index in [0.717, 1.165) is 28.8 Å².